The summed E-state index contributed by atoms with van der Waals surface area (Å²) in [7, 11) is 0. The largest absolute Gasteiger partial charge is 0.439 e. The van der Waals surface area contributed by atoms with Gasteiger partial charge in [-0.05, 0) is 42.3 Å². The minimum atomic E-state index is -0.384. The molecule has 2 aromatic carbocycles. The molecule has 0 radical (unpaired) electrons. The third-order valence-electron chi connectivity index (χ3n) is 4.76. The summed E-state index contributed by atoms with van der Waals surface area (Å²) in [5, 5.41) is 2.85. The zero-order chi connectivity index (χ0) is 20.9. The number of aromatic nitrogens is 1. The highest BCUT2D eigenvalue weighted by Gasteiger charge is 2.22. The van der Waals surface area contributed by atoms with E-state index in [4.69, 9.17) is 4.74 Å². The molecule has 0 unspecified atom stereocenters. The highest BCUT2D eigenvalue weighted by atomic mass is 19.1. The van der Waals surface area contributed by atoms with Gasteiger partial charge >= 0.3 is 0 Å². The number of hydrogen-bond donors (Lipinski definition) is 1. The van der Waals surface area contributed by atoms with Crippen LogP contribution in [0.25, 0.3) is 0 Å². The average molecular weight is 405 g/mol. The van der Waals surface area contributed by atoms with E-state index in [-0.39, 0.29) is 17.6 Å². The van der Waals surface area contributed by atoms with Gasteiger partial charge in [-0.15, -0.1) is 0 Å². The maximum atomic E-state index is 13.2. The van der Waals surface area contributed by atoms with Gasteiger partial charge in [0.2, 0.25) is 11.8 Å². The van der Waals surface area contributed by atoms with Crippen LogP contribution in [-0.2, 0) is 11.3 Å². The van der Waals surface area contributed by atoms with Crippen molar-refractivity contribution >= 4 is 17.5 Å². The number of hydrogen-bond acceptors (Lipinski definition) is 4. The molecule has 1 aromatic heterocycles. The van der Waals surface area contributed by atoms with E-state index >= 15 is 0 Å². The van der Waals surface area contributed by atoms with Crippen molar-refractivity contribution in [3.05, 3.63) is 83.8 Å². The summed E-state index contributed by atoms with van der Waals surface area (Å²) in [5.74, 6) is 0.159. The van der Waals surface area contributed by atoms with Crippen molar-refractivity contribution in [2.75, 3.05) is 11.4 Å². The topological polar surface area (TPSA) is 71.5 Å². The number of ether oxygens (including phenoxy) is 1. The number of anilines is 1. The lowest BCUT2D eigenvalue weighted by atomic mass is 10.1. The maximum absolute atomic E-state index is 13.2. The quantitative estimate of drug-likeness (QED) is 0.671. The Bertz CT molecular complexity index is 1070. The molecule has 1 aliphatic heterocycles. The van der Waals surface area contributed by atoms with Crippen molar-refractivity contribution in [3.8, 4) is 11.6 Å². The lowest BCUT2D eigenvalue weighted by Gasteiger charge is -2.16. The van der Waals surface area contributed by atoms with E-state index in [1.807, 2.05) is 6.07 Å². The van der Waals surface area contributed by atoms with E-state index in [1.54, 1.807) is 53.6 Å². The van der Waals surface area contributed by atoms with Gasteiger partial charge in [0, 0.05) is 49.1 Å². The first-order chi connectivity index (χ1) is 14.6. The second-order valence-corrected chi connectivity index (χ2v) is 6.95. The summed E-state index contributed by atoms with van der Waals surface area (Å²) in [6, 6.07) is 16.3. The maximum Gasteiger partial charge on any atom is 0.251 e. The smallest absolute Gasteiger partial charge is 0.251 e. The molecule has 0 saturated carbocycles. The Morgan fingerprint density at radius 3 is 2.73 bits per heavy atom. The zero-order valence-electron chi connectivity index (χ0n) is 16.2. The lowest BCUT2D eigenvalue weighted by molar-refractivity contribution is -0.117. The molecule has 0 spiro atoms. The summed E-state index contributed by atoms with van der Waals surface area (Å²) < 4.78 is 18.7. The van der Waals surface area contributed by atoms with E-state index in [0.29, 0.717) is 36.7 Å². The van der Waals surface area contributed by atoms with Gasteiger partial charge in [0.25, 0.3) is 5.91 Å². The zero-order valence-corrected chi connectivity index (χ0v) is 16.2. The average Bonchev–Trinajstić information content (AvgIpc) is 3.19. The molecule has 2 amide bonds. The summed E-state index contributed by atoms with van der Waals surface area (Å²) in [4.78, 5) is 30.3. The Balaban J connectivity index is 1.35. The van der Waals surface area contributed by atoms with Crippen molar-refractivity contribution in [1.29, 1.82) is 0 Å². The number of halogens is 1. The van der Waals surface area contributed by atoms with Gasteiger partial charge in [0.15, 0.2) is 0 Å². The minimum Gasteiger partial charge on any atom is -0.439 e. The van der Waals surface area contributed by atoms with Crippen LogP contribution in [0.2, 0.25) is 0 Å². The van der Waals surface area contributed by atoms with Crippen molar-refractivity contribution < 1.29 is 18.7 Å². The number of amides is 2. The second-order valence-electron chi connectivity index (χ2n) is 6.95. The number of nitrogens with one attached hydrogen (secondary N) is 1. The van der Waals surface area contributed by atoms with Gasteiger partial charge in [-0.1, -0.05) is 18.2 Å². The van der Waals surface area contributed by atoms with Crippen LogP contribution >= 0.6 is 0 Å². The Morgan fingerprint density at radius 2 is 2.00 bits per heavy atom. The normalized spacial score (nSPS) is 13.4. The fraction of sp³-hybridized carbons (Fsp3) is 0.174. The predicted molar refractivity (Wildman–Crippen MR) is 110 cm³/mol. The molecule has 1 fully saturated rings. The standard InChI is InChI=1S/C23H20FN3O3/c24-18-5-2-7-20(13-18)30-21-10-9-16(14-25-21)15-26-23(29)17-4-1-6-19(12-17)27-11-3-8-22(27)28/h1-2,4-7,9-10,12-14H,3,8,11,15H2,(H,26,29). The van der Waals surface area contributed by atoms with Crippen molar-refractivity contribution in [1.82, 2.24) is 10.3 Å². The highest BCUT2D eigenvalue weighted by Crippen LogP contribution is 2.23. The van der Waals surface area contributed by atoms with Crippen molar-refractivity contribution in [2.24, 2.45) is 0 Å². The van der Waals surface area contributed by atoms with Crippen LogP contribution in [0.1, 0.15) is 28.8 Å². The van der Waals surface area contributed by atoms with Crippen LogP contribution in [0.5, 0.6) is 11.6 Å². The van der Waals surface area contributed by atoms with Gasteiger partial charge < -0.3 is 15.0 Å². The van der Waals surface area contributed by atoms with Crippen LogP contribution in [0, 0.1) is 5.82 Å². The Morgan fingerprint density at radius 1 is 1.13 bits per heavy atom. The van der Waals surface area contributed by atoms with Crippen LogP contribution in [0.3, 0.4) is 0 Å². The Kier molecular flexibility index (Phi) is 5.70. The number of carbonyl (C=O) groups excluding carboxylic acids is 2. The molecular formula is C23H20FN3O3. The summed E-state index contributed by atoms with van der Waals surface area (Å²) in [6.07, 6.45) is 2.97. The molecule has 1 aliphatic rings. The van der Waals surface area contributed by atoms with E-state index in [2.05, 4.69) is 10.3 Å². The summed E-state index contributed by atoms with van der Waals surface area (Å²) >= 11 is 0. The number of pyridine rings is 1. The highest BCUT2D eigenvalue weighted by molar-refractivity contribution is 5.99. The first kappa shape index (κ1) is 19.6. The molecule has 0 bridgehead atoms. The fourth-order valence-electron chi connectivity index (χ4n) is 3.25. The van der Waals surface area contributed by atoms with E-state index in [9.17, 15) is 14.0 Å². The van der Waals surface area contributed by atoms with Crippen molar-refractivity contribution in [3.63, 3.8) is 0 Å². The van der Waals surface area contributed by atoms with Crippen LogP contribution in [0.4, 0.5) is 10.1 Å². The van der Waals surface area contributed by atoms with Gasteiger partial charge in [0.05, 0.1) is 0 Å². The number of benzene rings is 2. The van der Waals surface area contributed by atoms with E-state index in [1.165, 1.54) is 12.1 Å². The minimum absolute atomic E-state index is 0.0826. The lowest BCUT2D eigenvalue weighted by Crippen LogP contribution is -2.25. The second kappa shape index (κ2) is 8.73. The fourth-order valence-corrected chi connectivity index (χ4v) is 3.25. The number of rotatable bonds is 6. The molecular weight excluding hydrogens is 385 g/mol. The molecule has 6 nitrogen and oxygen atoms in total. The Hall–Kier alpha value is -3.74. The molecule has 3 aromatic rings. The third-order valence-corrected chi connectivity index (χ3v) is 4.76. The predicted octanol–water partition coefficient (Wildman–Crippen LogP) is 4.07. The molecule has 0 aliphatic carbocycles. The molecule has 1 N–H and O–H groups in total. The summed E-state index contributed by atoms with van der Waals surface area (Å²) in [5.41, 5.74) is 2.03. The number of carbonyl (C=O) groups is 2. The molecule has 7 heteroatoms. The van der Waals surface area contributed by atoms with Gasteiger partial charge in [-0.25, -0.2) is 9.37 Å². The molecule has 2 heterocycles. The molecule has 30 heavy (non-hydrogen) atoms. The molecule has 0 atom stereocenters. The van der Waals surface area contributed by atoms with Crippen LogP contribution in [-0.4, -0.2) is 23.3 Å². The first-order valence-corrected chi connectivity index (χ1v) is 9.65. The molecule has 4 rings (SSSR count). The van der Waals surface area contributed by atoms with E-state index < -0.39 is 0 Å². The number of nitrogens with zero attached hydrogens (tertiary/aromatic N) is 2. The Labute approximate surface area is 173 Å². The molecule has 1 saturated heterocycles. The summed E-state index contributed by atoms with van der Waals surface area (Å²) in [6.45, 7) is 0.971. The van der Waals surface area contributed by atoms with Crippen LogP contribution in [0.15, 0.2) is 66.9 Å². The van der Waals surface area contributed by atoms with Crippen molar-refractivity contribution in [2.45, 2.75) is 19.4 Å². The first-order valence-electron chi connectivity index (χ1n) is 9.65. The van der Waals surface area contributed by atoms with Gasteiger partial charge in [-0.2, -0.15) is 0 Å². The monoisotopic (exact) mass is 405 g/mol. The van der Waals surface area contributed by atoms with Crippen LogP contribution < -0.4 is 15.0 Å². The molecule has 152 valence electrons. The van der Waals surface area contributed by atoms with E-state index in [0.717, 1.165) is 17.7 Å². The van der Waals surface area contributed by atoms with Gasteiger partial charge in [0.1, 0.15) is 11.6 Å². The SMILES string of the molecule is O=C(NCc1ccc(Oc2cccc(F)c2)nc1)c1cccc(N2CCCC2=O)c1. The third kappa shape index (κ3) is 4.63. The van der Waals surface area contributed by atoms with Gasteiger partial charge in [-0.3, -0.25) is 9.59 Å².